The number of hydrogen-bond donors (Lipinski definition) is 0. The van der Waals surface area contributed by atoms with Crippen LogP contribution in [0.2, 0.25) is 5.02 Å². The molecule has 0 amide bonds. The second-order valence-corrected chi connectivity index (χ2v) is 2.65. The molecular weight excluding hydrogens is 158 g/mol. The molecule has 0 aliphatic carbocycles. The molecule has 1 aromatic rings. The minimum atomic E-state index is 0.732. The Kier molecular flexibility index (Phi) is 3.12. The maximum absolute atomic E-state index is 5.75. The third kappa shape index (κ3) is 2.72. The molecule has 0 saturated heterocycles. The summed E-state index contributed by atoms with van der Waals surface area (Å²) in [5.41, 5.74) is 0.916. The van der Waals surface area contributed by atoms with Crippen LogP contribution in [0, 0.1) is 0 Å². The van der Waals surface area contributed by atoms with Crippen LogP contribution in [-0.2, 0) is 0 Å². The van der Waals surface area contributed by atoms with Crippen molar-refractivity contribution in [2.45, 2.75) is 13.3 Å². The Morgan fingerprint density at radius 2 is 2.45 bits per heavy atom. The predicted octanol–water partition coefficient (Wildman–Crippen LogP) is 3.16. The first-order chi connectivity index (χ1) is 5.33. The summed E-state index contributed by atoms with van der Waals surface area (Å²) in [5, 5.41) is 0.732. The summed E-state index contributed by atoms with van der Waals surface area (Å²) < 4.78 is 0. The van der Waals surface area contributed by atoms with Crippen molar-refractivity contribution in [2.24, 2.45) is 0 Å². The van der Waals surface area contributed by atoms with Crippen LogP contribution >= 0.6 is 11.6 Å². The van der Waals surface area contributed by atoms with Gasteiger partial charge >= 0.3 is 0 Å². The van der Waals surface area contributed by atoms with E-state index < -0.39 is 0 Å². The molecule has 0 aromatic carbocycles. The lowest BCUT2D eigenvalue weighted by atomic mass is 10.3. The maximum atomic E-state index is 5.75. The van der Waals surface area contributed by atoms with Crippen molar-refractivity contribution in [3.05, 3.63) is 35.1 Å². The van der Waals surface area contributed by atoms with Crippen LogP contribution in [0.3, 0.4) is 0 Å². The van der Waals surface area contributed by atoms with Crippen LogP contribution in [0.1, 0.15) is 19.0 Å². The molecule has 0 aliphatic heterocycles. The van der Waals surface area contributed by atoms with Crippen molar-refractivity contribution in [1.29, 1.82) is 0 Å². The van der Waals surface area contributed by atoms with Gasteiger partial charge in [-0.1, -0.05) is 24.6 Å². The summed E-state index contributed by atoms with van der Waals surface area (Å²) in [4.78, 5) is 4.11. The largest absolute Gasteiger partial charge is 0.257 e. The Morgan fingerprint density at radius 1 is 1.64 bits per heavy atom. The van der Waals surface area contributed by atoms with Gasteiger partial charge in [-0.25, -0.2) is 0 Å². The van der Waals surface area contributed by atoms with Gasteiger partial charge in [0, 0.05) is 11.2 Å². The predicted molar refractivity (Wildman–Crippen MR) is 48.6 cm³/mol. The van der Waals surface area contributed by atoms with Crippen molar-refractivity contribution in [3.8, 4) is 0 Å². The SMILES string of the molecule is CCC=Cc1cc(Cl)ccn1. The number of aromatic nitrogens is 1. The lowest BCUT2D eigenvalue weighted by molar-refractivity contribution is 1.22. The number of nitrogens with zero attached hydrogens (tertiary/aromatic N) is 1. The van der Waals surface area contributed by atoms with Gasteiger partial charge in [0.1, 0.15) is 0 Å². The van der Waals surface area contributed by atoms with Crippen LogP contribution in [0.25, 0.3) is 6.08 Å². The Balaban J connectivity index is 2.79. The molecule has 1 rings (SSSR count). The molecule has 1 aromatic heterocycles. The maximum Gasteiger partial charge on any atom is 0.0641 e. The molecule has 0 spiro atoms. The van der Waals surface area contributed by atoms with Crippen molar-refractivity contribution in [2.75, 3.05) is 0 Å². The summed E-state index contributed by atoms with van der Waals surface area (Å²) in [5.74, 6) is 0. The van der Waals surface area contributed by atoms with Gasteiger partial charge in [0.15, 0.2) is 0 Å². The summed E-state index contributed by atoms with van der Waals surface area (Å²) in [7, 11) is 0. The molecule has 0 aliphatic rings. The molecule has 1 heterocycles. The number of pyridine rings is 1. The van der Waals surface area contributed by atoms with E-state index in [9.17, 15) is 0 Å². The van der Waals surface area contributed by atoms with Gasteiger partial charge in [-0.2, -0.15) is 0 Å². The third-order valence-electron chi connectivity index (χ3n) is 1.27. The lowest BCUT2D eigenvalue weighted by Gasteiger charge is -1.91. The zero-order valence-corrected chi connectivity index (χ0v) is 7.17. The molecule has 0 radical (unpaired) electrons. The van der Waals surface area contributed by atoms with Gasteiger partial charge in [-0.05, 0) is 24.6 Å². The van der Waals surface area contributed by atoms with Crippen molar-refractivity contribution < 1.29 is 0 Å². The monoisotopic (exact) mass is 167 g/mol. The van der Waals surface area contributed by atoms with E-state index in [1.165, 1.54) is 0 Å². The Morgan fingerprint density at radius 3 is 3.09 bits per heavy atom. The Hall–Kier alpha value is -0.820. The number of rotatable bonds is 2. The molecule has 0 fully saturated rings. The van der Waals surface area contributed by atoms with Crippen LogP contribution < -0.4 is 0 Å². The minimum absolute atomic E-state index is 0.732. The minimum Gasteiger partial charge on any atom is -0.257 e. The summed E-state index contributed by atoms with van der Waals surface area (Å²) in [6, 6.07) is 3.61. The molecular formula is C9H10ClN. The fourth-order valence-electron chi connectivity index (χ4n) is 0.751. The van der Waals surface area contributed by atoms with E-state index in [1.807, 2.05) is 12.1 Å². The van der Waals surface area contributed by atoms with Gasteiger partial charge in [0.25, 0.3) is 0 Å². The molecule has 0 atom stereocenters. The fourth-order valence-corrected chi connectivity index (χ4v) is 0.919. The summed E-state index contributed by atoms with van der Waals surface area (Å²) in [6.45, 7) is 2.08. The van der Waals surface area contributed by atoms with Crippen LogP contribution in [-0.4, -0.2) is 4.98 Å². The topological polar surface area (TPSA) is 12.9 Å². The standard InChI is InChI=1S/C9H10ClN/c1-2-3-4-9-7-8(10)5-6-11-9/h3-7H,2H2,1H3. The highest BCUT2D eigenvalue weighted by Crippen LogP contribution is 2.08. The van der Waals surface area contributed by atoms with Gasteiger partial charge in [-0.3, -0.25) is 4.98 Å². The molecule has 2 heteroatoms. The number of hydrogen-bond acceptors (Lipinski definition) is 1. The van der Waals surface area contributed by atoms with Crippen molar-refractivity contribution in [1.82, 2.24) is 4.98 Å². The quantitative estimate of drug-likeness (QED) is 0.660. The normalized spacial score (nSPS) is 10.7. The molecule has 0 N–H and O–H groups in total. The molecule has 0 saturated carbocycles. The van der Waals surface area contributed by atoms with Gasteiger partial charge in [0.05, 0.1) is 5.69 Å². The second-order valence-electron chi connectivity index (χ2n) is 2.21. The summed E-state index contributed by atoms with van der Waals surface area (Å²) >= 11 is 5.75. The van der Waals surface area contributed by atoms with Crippen LogP contribution in [0.4, 0.5) is 0 Å². The van der Waals surface area contributed by atoms with E-state index in [2.05, 4.69) is 18.0 Å². The van der Waals surface area contributed by atoms with E-state index in [1.54, 1.807) is 12.3 Å². The zero-order chi connectivity index (χ0) is 8.10. The molecule has 1 nitrogen and oxygen atoms in total. The van der Waals surface area contributed by atoms with Crippen molar-refractivity contribution >= 4 is 17.7 Å². The third-order valence-corrected chi connectivity index (χ3v) is 1.50. The fraction of sp³-hybridized carbons (Fsp3) is 0.222. The van der Waals surface area contributed by atoms with E-state index >= 15 is 0 Å². The van der Waals surface area contributed by atoms with E-state index in [-0.39, 0.29) is 0 Å². The first kappa shape index (κ1) is 8.28. The smallest absolute Gasteiger partial charge is 0.0641 e. The molecule has 11 heavy (non-hydrogen) atoms. The first-order valence-corrected chi connectivity index (χ1v) is 3.99. The van der Waals surface area contributed by atoms with Gasteiger partial charge in [-0.15, -0.1) is 0 Å². The lowest BCUT2D eigenvalue weighted by Crippen LogP contribution is -1.77. The number of halogens is 1. The van der Waals surface area contributed by atoms with Crippen LogP contribution in [0.5, 0.6) is 0 Å². The van der Waals surface area contributed by atoms with Crippen LogP contribution in [0.15, 0.2) is 24.4 Å². The van der Waals surface area contributed by atoms with E-state index in [0.717, 1.165) is 17.1 Å². The average Bonchev–Trinajstić information content (AvgIpc) is 2.01. The highest BCUT2D eigenvalue weighted by molar-refractivity contribution is 6.30. The highest BCUT2D eigenvalue weighted by atomic mass is 35.5. The Bertz CT molecular complexity index is 255. The van der Waals surface area contributed by atoms with Crippen molar-refractivity contribution in [3.63, 3.8) is 0 Å². The molecule has 0 bridgehead atoms. The molecule has 0 unspecified atom stereocenters. The Labute approximate surface area is 71.7 Å². The number of allylic oxidation sites excluding steroid dienone is 1. The molecule has 58 valence electrons. The van der Waals surface area contributed by atoms with E-state index in [0.29, 0.717) is 0 Å². The second kappa shape index (κ2) is 4.14. The van der Waals surface area contributed by atoms with E-state index in [4.69, 9.17) is 11.6 Å². The highest BCUT2D eigenvalue weighted by Gasteiger charge is 1.88. The van der Waals surface area contributed by atoms with Gasteiger partial charge < -0.3 is 0 Å². The first-order valence-electron chi connectivity index (χ1n) is 3.61. The average molecular weight is 168 g/mol. The summed E-state index contributed by atoms with van der Waals surface area (Å²) in [6.07, 6.45) is 6.75. The zero-order valence-electron chi connectivity index (χ0n) is 6.42. The van der Waals surface area contributed by atoms with Gasteiger partial charge in [0.2, 0.25) is 0 Å².